The number of hydrogen-bond donors (Lipinski definition) is 2. The Balaban J connectivity index is 1.71. The fourth-order valence-corrected chi connectivity index (χ4v) is 2.37. The van der Waals surface area contributed by atoms with Gasteiger partial charge in [0.2, 0.25) is 0 Å². The Morgan fingerprint density at radius 1 is 1.07 bits per heavy atom. The molecule has 0 radical (unpaired) electrons. The molecule has 1 aromatic carbocycles. The van der Waals surface area contributed by atoms with E-state index in [1.165, 1.54) is 18.6 Å². The molecular weight excluding hydrogens is 344 g/mol. The second-order valence-corrected chi connectivity index (χ2v) is 5.82. The highest BCUT2D eigenvalue weighted by atomic mass is 16.3. The average molecular weight is 362 g/mol. The van der Waals surface area contributed by atoms with E-state index in [0.29, 0.717) is 22.6 Å². The lowest BCUT2D eigenvalue weighted by Gasteiger charge is -2.09. The van der Waals surface area contributed by atoms with E-state index in [1.54, 1.807) is 36.4 Å². The third kappa shape index (κ3) is 4.46. The number of furan rings is 1. The van der Waals surface area contributed by atoms with Crippen LogP contribution < -0.4 is 10.7 Å². The number of nitrogens with zero attached hydrogens (tertiary/aromatic N) is 2. The summed E-state index contributed by atoms with van der Waals surface area (Å²) in [5.74, 6) is 0.566. The molecule has 0 unspecified atom stereocenters. The lowest BCUT2D eigenvalue weighted by molar-refractivity contribution is 0.0956. The second-order valence-electron chi connectivity index (χ2n) is 5.82. The van der Waals surface area contributed by atoms with Crippen LogP contribution in [0.4, 0.5) is 5.69 Å². The quantitative estimate of drug-likeness (QED) is 0.537. The minimum absolute atomic E-state index is 0.295. The molecule has 27 heavy (non-hydrogen) atoms. The number of benzene rings is 1. The van der Waals surface area contributed by atoms with Gasteiger partial charge >= 0.3 is 0 Å². The van der Waals surface area contributed by atoms with E-state index in [0.717, 1.165) is 11.3 Å². The van der Waals surface area contributed by atoms with Crippen molar-refractivity contribution in [3.8, 4) is 0 Å². The number of carbonyl (C=O) groups excluding carboxylic acids is 2. The molecule has 0 aliphatic heterocycles. The molecule has 2 amide bonds. The van der Waals surface area contributed by atoms with Crippen molar-refractivity contribution in [2.75, 3.05) is 5.32 Å². The first-order valence-electron chi connectivity index (χ1n) is 8.25. The lowest BCUT2D eigenvalue weighted by Crippen LogP contribution is -2.21. The molecule has 3 aromatic rings. The van der Waals surface area contributed by atoms with Crippen molar-refractivity contribution in [1.29, 1.82) is 0 Å². The lowest BCUT2D eigenvalue weighted by atomic mass is 10.1. The number of aromatic nitrogens is 1. The van der Waals surface area contributed by atoms with Crippen molar-refractivity contribution >= 4 is 23.7 Å². The van der Waals surface area contributed by atoms with Crippen LogP contribution in [0.5, 0.6) is 0 Å². The summed E-state index contributed by atoms with van der Waals surface area (Å²) in [5, 5.41) is 6.64. The Hall–Kier alpha value is -3.74. The van der Waals surface area contributed by atoms with E-state index < -0.39 is 5.91 Å². The summed E-state index contributed by atoms with van der Waals surface area (Å²) in [6.45, 7) is 3.78. The average Bonchev–Trinajstić information content (AvgIpc) is 3.00. The number of aryl methyl sites for hydroxylation is 2. The molecule has 2 heterocycles. The smallest absolute Gasteiger partial charge is 0.273 e. The van der Waals surface area contributed by atoms with Gasteiger partial charge in [-0.2, -0.15) is 5.10 Å². The number of hydrogen-bond acceptors (Lipinski definition) is 5. The van der Waals surface area contributed by atoms with Gasteiger partial charge in [-0.15, -0.1) is 0 Å². The molecule has 0 saturated heterocycles. The summed E-state index contributed by atoms with van der Waals surface area (Å²) in [7, 11) is 0. The predicted octanol–water partition coefficient (Wildman–Crippen LogP) is 3.31. The zero-order valence-electron chi connectivity index (χ0n) is 14.9. The first kappa shape index (κ1) is 18.1. The predicted molar refractivity (Wildman–Crippen MR) is 102 cm³/mol. The van der Waals surface area contributed by atoms with Crippen molar-refractivity contribution in [3.63, 3.8) is 0 Å². The van der Waals surface area contributed by atoms with Crippen LogP contribution in [0, 0.1) is 13.8 Å². The Kier molecular flexibility index (Phi) is 5.41. The van der Waals surface area contributed by atoms with Gasteiger partial charge in [0.25, 0.3) is 11.8 Å². The minimum Gasteiger partial charge on any atom is -0.460 e. The molecule has 0 aliphatic carbocycles. The van der Waals surface area contributed by atoms with Crippen LogP contribution in [0.3, 0.4) is 0 Å². The highest BCUT2D eigenvalue weighted by Crippen LogP contribution is 2.16. The normalized spacial score (nSPS) is 10.7. The van der Waals surface area contributed by atoms with Crippen molar-refractivity contribution in [1.82, 2.24) is 10.4 Å². The van der Waals surface area contributed by atoms with Gasteiger partial charge in [-0.1, -0.05) is 12.1 Å². The Morgan fingerprint density at radius 2 is 1.81 bits per heavy atom. The maximum atomic E-state index is 12.4. The molecule has 2 aromatic heterocycles. The summed E-state index contributed by atoms with van der Waals surface area (Å²) < 4.78 is 5.46. The van der Waals surface area contributed by atoms with Crippen molar-refractivity contribution in [2.24, 2.45) is 5.10 Å². The number of rotatable bonds is 5. The van der Waals surface area contributed by atoms with Crippen LogP contribution in [-0.2, 0) is 0 Å². The molecule has 0 bridgehead atoms. The van der Waals surface area contributed by atoms with Crippen molar-refractivity contribution in [3.05, 3.63) is 83.1 Å². The van der Waals surface area contributed by atoms with E-state index in [1.807, 2.05) is 19.9 Å². The van der Waals surface area contributed by atoms with Gasteiger partial charge in [-0.3, -0.25) is 14.6 Å². The van der Waals surface area contributed by atoms with Crippen molar-refractivity contribution < 1.29 is 14.0 Å². The van der Waals surface area contributed by atoms with Gasteiger partial charge < -0.3 is 9.73 Å². The first-order valence-corrected chi connectivity index (χ1v) is 8.25. The zero-order chi connectivity index (χ0) is 19.2. The number of hydrazone groups is 1. The van der Waals surface area contributed by atoms with Gasteiger partial charge in [-0.25, -0.2) is 5.43 Å². The molecule has 2 N–H and O–H groups in total. The maximum Gasteiger partial charge on any atom is 0.273 e. The van der Waals surface area contributed by atoms with Gasteiger partial charge in [-0.05, 0) is 49.7 Å². The molecule has 7 nitrogen and oxygen atoms in total. The summed E-state index contributed by atoms with van der Waals surface area (Å²) in [4.78, 5) is 28.6. The Morgan fingerprint density at radius 3 is 2.52 bits per heavy atom. The number of pyridine rings is 1. The number of carbonyl (C=O) groups is 2. The highest BCUT2D eigenvalue weighted by Gasteiger charge is 2.13. The molecule has 0 spiro atoms. The van der Waals surface area contributed by atoms with Crippen LogP contribution in [0.2, 0.25) is 0 Å². The summed E-state index contributed by atoms with van der Waals surface area (Å²) >= 11 is 0. The summed E-state index contributed by atoms with van der Waals surface area (Å²) in [5.41, 5.74) is 4.57. The highest BCUT2D eigenvalue weighted by molar-refractivity contribution is 6.09. The molecule has 136 valence electrons. The number of para-hydroxylation sites is 1. The van der Waals surface area contributed by atoms with Crippen LogP contribution in [0.1, 0.15) is 37.8 Å². The van der Waals surface area contributed by atoms with Gasteiger partial charge in [0.15, 0.2) is 0 Å². The maximum absolute atomic E-state index is 12.4. The van der Waals surface area contributed by atoms with Crippen LogP contribution in [0.15, 0.2) is 64.4 Å². The summed E-state index contributed by atoms with van der Waals surface area (Å²) in [6, 6.07) is 11.7. The number of anilines is 1. The third-order valence-electron chi connectivity index (χ3n) is 3.91. The standard InChI is InChI=1S/C20H18N4O3/c1-13-11-16(27-14(13)2)12-22-24-20(26)17-5-3-4-6-18(17)23-19(25)15-7-9-21-10-8-15/h3-12H,1-2H3,(H,23,25)(H,24,26)/b22-12+. The largest absolute Gasteiger partial charge is 0.460 e. The van der Waals surface area contributed by atoms with E-state index in [4.69, 9.17) is 4.42 Å². The molecule has 0 aliphatic rings. The van der Waals surface area contributed by atoms with Crippen LogP contribution in [0.25, 0.3) is 0 Å². The fraction of sp³-hybridized carbons (Fsp3) is 0.100. The molecule has 0 atom stereocenters. The topological polar surface area (TPSA) is 96.6 Å². The van der Waals surface area contributed by atoms with Gasteiger partial charge in [0, 0.05) is 18.0 Å². The van der Waals surface area contributed by atoms with E-state index in [9.17, 15) is 9.59 Å². The number of amides is 2. The van der Waals surface area contributed by atoms with E-state index in [2.05, 4.69) is 20.8 Å². The van der Waals surface area contributed by atoms with Gasteiger partial charge in [0.1, 0.15) is 11.5 Å². The fourth-order valence-electron chi connectivity index (χ4n) is 2.37. The second kappa shape index (κ2) is 8.09. The minimum atomic E-state index is -0.447. The molecule has 0 fully saturated rings. The Labute approximate surface area is 156 Å². The van der Waals surface area contributed by atoms with Crippen LogP contribution >= 0.6 is 0 Å². The van der Waals surface area contributed by atoms with E-state index in [-0.39, 0.29) is 5.91 Å². The monoisotopic (exact) mass is 362 g/mol. The van der Waals surface area contributed by atoms with Gasteiger partial charge in [0.05, 0.1) is 17.5 Å². The SMILES string of the molecule is Cc1cc(/C=N/NC(=O)c2ccccc2NC(=O)c2ccncc2)oc1C. The molecule has 3 rings (SSSR count). The molecular formula is C20H18N4O3. The van der Waals surface area contributed by atoms with E-state index >= 15 is 0 Å². The summed E-state index contributed by atoms with van der Waals surface area (Å²) in [6.07, 6.45) is 4.48. The zero-order valence-corrected chi connectivity index (χ0v) is 14.9. The Bertz CT molecular complexity index is 974. The third-order valence-corrected chi connectivity index (χ3v) is 3.91. The molecule has 0 saturated carbocycles. The van der Waals surface area contributed by atoms with Crippen LogP contribution in [-0.4, -0.2) is 23.0 Å². The first-order chi connectivity index (χ1) is 13.0. The number of nitrogens with one attached hydrogen (secondary N) is 2. The molecule has 7 heteroatoms. The van der Waals surface area contributed by atoms with Crippen molar-refractivity contribution in [2.45, 2.75) is 13.8 Å².